The van der Waals surface area contributed by atoms with E-state index in [1.165, 1.54) is 0 Å². The van der Waals surface area contributed by atoms with Crippen molar-refractivity contribution in [1.29, 1.82) is 0 Å². The first-order valence-electron chi connectivity index (χ1n) is 7.67. The van der Waals surface area contributed by atoms with Crippen LogP contribution in [-0.2, 0) is 9.59 Å². The Morgan fingerprint density at radius 2 is 1.30 bits per heavy atom. The number of amides is 2. The zero-order valence-electron chi connectivity index (χ0n) is 13.7. The van der Waals surface area contributed by atoms with E-state index in [1.807, 2.05) is 35.2 Å². The third-order valence-electron chi connectivity index (χ3n) is 3.58. The van der Waals surface area contributed by atoms with E-state index in [-0.39, 0.29) is 11.8 Å². The minimum Gasteiger partial charge on any atom is -0.348 e. The van der Waals surface area contributed by atoms with Crippen LogP contribution in [0.1, 0.15) is 53.4 Å². The summed E-state index contributed by atoms with van der Waals surface area (Å²) < 4.78 is 3.84. The van der Waals surface area contributed by atoms with Gasteiger partial charge >= 0.3 is 0 Å². The summed E-state index contributed by atoms with van der Waals surface area (Å²) in [7, 11) is -2.46. The normalized spacial score (nSPS) is 11.1. The van der Waals surface area contributed by atoms with Crippen molar-refractivity contribution in [3.63, 3.8) is 0 Å². The predicted octanol–water partition coefficient (Wildman–Crippen LogP) is 3.08. The van der Waals surface area contributed by atoms with Gasteiger partial charge in [0.1, 0.15) is 0 Å². The van der Waals surface area contributed by atoms with Gasteiger partial charge in [-0.15, -0.1) is 6.58 Å². The first-order chi connectivity index (χ1) is 9.42. The van der Waals surface area contributed by atoms with Crippen LogP contribution in [0.4, 0.5) is 0 Å². The zero-order valence-corrected chi connectivity index (χ0v) is 14.7. The van der Waals surface area contributed by atoms with Crippen molar-refractivity contribution in [2.45, 2.75) is 59.9 Å². The first-order valence-corrected chi connectivity index (χ1v) is 10.1. The Kier molecular flexibility index (Phi) is 8.45. The number of carbonyl (C=O) groups is 2. The predicted molar refractivity (Wildman–Crippen MR) is 86.4 cm³/mol. The van der Waals surface area contributed by atoms with Crippen molar-refractivity contribution in [1.82, 2.24) is 9.13 Å². The summed E-state index contributed by atoms with van der Waals surface area (Å²) in [5, 5.41) is 0. The standard InChI is InChI=1S/C15H30N2O2Si/c1-7-12-16(14(18)9-3)20(6,11-5)17(13-8-2)15(19)10-4/h11H,5,7-10,12-13H2,1-4,6H3. The minimum absolute atomic E-state index is 0.117. The van der Waals surface area contributed by atoms with Crippen LogP contribution >= 0.6 is 0 Å². The molecule has 0 radical (unpaired) electrons. The van der Waals surface area contributed by atoms with E-state index in [9.17, 15) is 9.59 Å². The Morgan fingerprint density at radius 1 is 0.950 bits per heavy atom. The highest BCUT2D eigenvalue weighted by Crippen LogP contribution is 2.20. The molecule has 0 unspecified atom stereocenters. The molecule has 0 N–H and O–H groups in total. The highest BCUT2D eigenvalue weighted by Gasteiger charge is 2.42. The van der Waals surface area contributed by atoms with Gasteiger partial charge in [0.15, 0.2) is 0 Å². The molecular formula is C15H30N2O2Si. The highest BCUT2D eigenvalue weighted by molar-refractivity contribution is 6.81. The van der Waals surface area contributed by atoms with Crippen LogP contribution < -0.4 is 0 Å². The van der Waals surface area contributed by atoms with Crippen molar-refractivity contribution < 1.29 is 9.59 Å². The molecule has 0 aliphatic rings. The van der Waals surface area contributed by atoms with Gasteiger partial charge in [0.2, 0.25) is 11.8 Å². The van der Waals surface area contributed by atoms with Gasteiger partial charge in [-0.2, -0.15) is 0 Å². The van der Waals surface area contributed by atoms with Crippen LogP contribution in [0.15, 0.2) is 12.3 Å². The molecule has 0 aromatic carbocycles. The zero-order chi connectivity index (χ0) is 15.8. The van der Waals surface area contributed by atoms with E-state index >= 15 is 0 Å². The summed E-state index contributed by atoms with van der Waals surface area (Å²) in [5.74, 6) is 0.233. The first kappa shape index (κ1) is 18.9. The van der Waals surface area contributed by atoms with Gasteiger partial charge < -0.3 is 9.13 Å². The van der Waals surface area contributed by atoms with E-state index in [0.717, 1.165) is 12.8 Å². The molecule has 0 spiro atoms. The van der Waals surface area contributed by atoms with Crippen LogP contribution in [0.25, 0.3) is 0 Å². The van der Waals surface area contributed by atoms with Gasteiger partial charge in [0.05, 0.1) is 0 Å². The lowest BCUT2D eigenvalue weighted by molar-refractivity contribution is -0.129. The average Bonchev–Trinajstić information content (AvgIpc) is 2.47. The molecule has 0 aromatic heterocycles. The van der Waals surface area contributed by atoms with Gasteiger partial charge in [-0.25, -0.2) is 0 Å². The Morgan fingerprint density at radius 3 is 1.50 bits per heavy atom. The Bertz CT molecular complexity index is 319. The van der Waals surface area contributed by atoms with Crippen LogP contribution in [0.5, 0.6) is 0 Å². The Labute approximate surface area is 125 Å². The smallest absolute Gasteiger partial charge is 0.290 e. The summed E-state index contributed by atoms with van der Waals surface area (Å²) >= 11 is 0. The maximum Gasteiger partial charge on any atom is 0.290 e. The lowest BCUT2D eigenvalue weighted by Gasteiger charge is -2.45. The molecular weight excluding hydrogens is 268 g/mol. The molecule has 2 amide bonds. The van der Waals surface area contributed by atoms with E-state index in [2.05, 4.69) is 20.4 Å². The van der Waals surface area contributed by atoms with Crippen LogP contribution in [0, 0.1) is 0 Å². The average molecular weight is 299 g/mol. The molecule has 0 bridgehead atoms. The number of carbonyl (C=O) groups excluding carboxylic acids is 2. The lowest BCUT2D eigenvalue weighted by Crippen LogP contribution is -2.66. The summed E-state index contributed by atoms with van der Waals surface area (Å²) in [6.45, 7) is 15.2. The van der Waals surface area contributed by atoms with E-state index in [1.54, 1.807) is 0 Å². The fraction of sp³-hybridized carbons (Fsp3) is 0.733. The van der Waals surface area contributed by atoms with Gasteiger partial charge in [0, 0.05) is 25.9 Å². The van der Waals surface area contributed by atoms with Crippen molar-refractivity contribution >= 4 is 20.2 Å². The van der Waals surface area contributed by atoms with Gasteiger partial charge in [-0.1, -0.05) is 33.4 Å². The molecule has 0 atom stereocenters. The Hall–Kier alpha value is -1.10. The van der Waals surface area contributed by atoms with Crippen molar-refractivity contribution in [2.75, 3.05) is 13.1 Å². The van der Waals surface area contributed by atoms with Gasteiger partial charge in [0.25, 0.3) is 8.40 Å². The third-order valence-corrected chi connectivity index (χ3v) is 7.49. The van der Waals surface area contributed by atoms with Crippen LogP contribution in [-0.4, -0.2) is 42.4 Å². The molecule has 0 saturated carbocycles. The van der Waals surface area contributed by atoms with E-state index in [4.69, 9.17) is 0 Å². The third kappa shape index (κ3) is 4.20. The number of hydrogen-bond acceptors (Lipinski definition) is 2. The molecule has 5 heteroatoms. The van der Waals surface area contributed by atoms with Crippen molar-refractivity contribution in [2.24, 2.45) is 0 Å². The molecule has 116 valence electrons. The lowest BCUT2D eigenvalue weighted by atomic mass is 10.4. The second-order valence-electron chi connectivity index (χ2n) is 5.10. The summed E-state index contributed by atoms with van der Waals surface area (Å²) in [4.78, 5) is 24.6. The van der Waals surface area contributed by atoms with Crippen LogP contribution in [0.3, 0.4) is 0 Å². The number of rotatable bonds is 9. The minimum atomic E-state index is -2.46. The summed E-state index contributed by atoms with van der Waals surface area (Å²) in [6.07, 6.45) is 2.72. The number of nitrogens with zero attached hydrogens (tertiary/aromatic N) is 2. The molecule has 0 heterocycles. The van der Waals surface area contributed by atoms with E-state index in [0.29, 0.717) is 25.9 Å². The molecule has 20 heavy (non-hydrogen) atoms. The maximum absolute atomic E-state index is 12.3. The van der Waals surface area contributed by atoms with Crippen molar-refractivity contribution in [3.8, 4) is 0 Å². The molecule has 0 rings (SSSR count). The fourth-order valence-corrected chi connectivity index (χ4v) is 5.81. The van der Waals surface area contributed by atoms with Gasteiger partial charge in [-0.05, 0) is 19.4 Å². The quantitative estimate of drug-likeness (QED) is 0.614. The summed E-state index contributed by atoms with van der Waals surface area (Å²) in [5.41, 5.74) is 1.86. The van der Waals surface area contributed by atoms with Gasteiger partial charge in [-0.3, -0.25) is 9.59 Å². The molecule has 0 aliphatic carbocycles. The maximum atomic E-state index is 12.3. The second kappa shape index (κ2) is 8.95. The largest absolute Gasteiger partial charge is 0.348 e. The van der Waals surface area contributed by atoms with Crippen LogP contribution in [0.2, 0.25) is 6.55 Å². The molecule has 0 saturated heterocycles. The molecule has 0 aromatic rings. The van der Waals surface area contributed by atoms with Crippen molar-refractivity contribution in [3.05, 3.63) is 12.3 Å². The SMILES string of the molecule is C=C[Si](C)(N(CCC)C(=O)CC)N(CCC)C(=O)CC. The second-order valence-corrected chi connectivity index (χ2v) is 8.77. The van der Waals surface area contributed by atoms with E-state index < -0.39 is 8.40 Å². The Balaban J connectivity index is 5.61. The monoisotopic (exact) mass is 298 g/mol. The fourth-order valence-electron chi connectivity index (χ4n) is 2.40. The number of hydrogen-bond donors (Lipinski definition) is 0. The molecule has 0 aliphatic heterocycles. The highest BCUT2D eigenvalue weighted by atomic mass is 28.3. The summed E-state index contributed by atoms with van der Waals surface area (Å²) in [6, 6.07) is 0. The molecule has 0 fully saturated rings. The topological polar surface area (TPSA) is 40.6 Å². The molecule has 4 nitrogen and oxygen atoms in total.